The lowest BCUT2D eigenvalue weighted by Gasteiger charge is -2.48. The van der Waals surface area contributed by atoms with E-state index in [1.54, 1.807) is 19.9 Å². The second-order valence-corrected chi connectivity index (χ2v) is 7.16. The Morgan fingerprint density at radius 1 is 1.36 bits per heavy atom. The molecular weight excluding hydrogens is 322 g/mol. The van der Waals surface area contributed by atoms with Crippen molar-refractivity contribution in [1.82, 2.24) is 9.80 Å². The van der Waals surface area contributed by atoms with Crippen LogP contribution in [0.3, 0.4) is 0 Å². The molecule has 7 heteroatoms. The van der Waals surface area contributed by atoms with E-state index in [-0.39, 0.29) is 22.1 Å². The predicted molar refractivity (Wildman–Crippen MR) is 93.3 cm³/mol. The molecule has 0 aliphatic carbocycles. The normalized spacial score (nSPS) is 24.5. The molecule has 3 rings (SSSR count). The molecule has 2 saturated heterocycles. The van der Waals surface area contributed by atoms with Crippen LogP contribution < -0.4 is 0 Å². The first-order valence-electron chi connectivity index (χ1n) is 8.74. The fraction of sp³-hybridized carbons (Fsp3) is 0.611. The molecule has 0 N–H and O–H groups in total. The van der Waals surface area contributed by atoms with E-state index in [0.29, 0.717) is 31.8 Å². The van der Waals surface area contributed by atoms with E-state index in [0.717, 1.165) is 31.5 Å². The van der Waals surface area contributed by atoms with E-state index in [1.807, 2.05) is 17.0 Å². The van der Waals surface area contributed by atoms with Gasteiger partial charge in [0.1, 0.15) is 0 Å². The van der Waals surface area contributed by atoms with Crippen LogP contribution in [-0.4, -0.2) is 59.0 Å². The molecule has 2 aliphatic heterocycles. The summed E-state index contributed by atoms with van der Waals surface area (Å²) in [5.74, 6) is 0.0916. The fourth-order valence-electron chi connectivity index (χ4n) is 3.89. The topological polar surface area (TPSA) is 75.9 Å². The lowest BCUT2D eigenvalue weighted by molar-refractivity contribution is -0.385. The monoisotopic (exact) mass is 347 g/mol. The van der Waals surface area contributed by atoms with Gasteiger partial charge in [0.25, 0.3) is 5.69 Å². The molecule has 1 aromatic rings. The van der Waals surface area contributed by atoms with Gasteiger partial charge in [-0.1, -0.05) is 12.1 Å². The number of carbonyl (C=O) groups excluding carboxylic acids is 1. The number of ether oxygens (including phenoxy) is 1. The third-order valence-electron chi connectivity index (χ3n) is 5.19. The molecule has 0 bridgehead atoms. The van der Waals surface area contributed by atoms with Crippen molar-refractivity contribution in [3.8, 4) is 0 Å². The highest BCUT2D eigenvalue weighted by Crippen LogP contribution is 2.30. The summed E-state index contributed by atoms with van der Waals surface area (Å²) in [4.78, 5) is 26.7. The number of amides is 1. The average molecular weight is 347 g/mol. The van der Waals surface area contributed by atoms with Gasteiger partial charge in [-0.05, 0) is 31.9 Å². The molecule has 7 nitrogen and oxygen atoms in total. The van der Waals surface area contributed by atoms with Crippen molar-refractivity contribution in [2.45, 2.75) is 38.8 Å². The predicted octanol–water partition coefficient (Wildman–Crippen LogP) is 2.12. The van der Waals surface area contributed by atoms with Crippen molar-refractivity contribution in [3.05, 3.63) is 39.4 Å². The number of hydrogen-bond donors (Lipinski definition) is 0. The molecule has 0 aromatic heterocycles. The molecule has 1 unspecified atom stereocenters. The molecule has 0 radical (unpaired) electrons. The highest BCUT2D eigenvalue weighted by molar-refractivity contribution is 5.73. The zero-order valence-corrected chi connectivity index (χ0v) is 14.9. The van der Waals surface area contributed by atoms with Gasteiger partial charge in [-0.15, -0.1) is 0 Å². The van der Waals surface area contributed by atoms with Crippen LogP contribution in [-0.2, 0) is 16.1 Å². The second kappa shape index (κ2) is 7.09. The first kappa shape index (κ1) is 17.8. The first-order valence-corrected chi connectivity index (χ1v) is 8.74. The molecule has 1 atom stereocenters. The average Bonchev–Trinajstić information content (AvgIpc) is 2.56. The largest absolute Gasteiger partial charge is 0.370 e. The molecule has 2 heterocycles. The number of carbonyl (C=O) groups is 1. The van der Waals surface area contributed by atoms with E-state index in [1.165, 1.54) is 0 Å². The molecule has 0 saturated carbocycles. The van der Waals surface area contributed by atoms with Crippen LogP contribution >= 0.6 is 0 Å². The van der Waals surface area contributed by atoms with E-state index in [9.17, 15) is 14.9 Å². The number of aryl methyl sites for hydroxylation is 1. The van der Waals surface area contributed by atoms with E-state index in [2.05, 4.69) is 4.90 Å². The quantitative estimate of drug-likeness (QED) is 0.618. The second-order valence-electron chi connectivity index (χ2n) is 7.16. The van der Waals surface area contributed by atoms with Crippen LogP contribution in [0, 0.1) is 17.0 Å². The summed E-state index contributed by atoms with van der Waals surface area (Å²) in [6, 6.07) is 5.43. The highest BCUT2D eigenvalue weighted by Gasteiger charge is 2.41. The van der Waals surface area contributed by atoms with Gasteiger partial charge in [-0.3, -0.25) is 19.8 Å². The maximum absolute atomic E-state index is 11.7. The summed E-state index contributed by atoms with van der Waals surface area (Å²) in [5, 5.41) is 11.1. The fourth-order valence-corrected chi connectivity index (χ4v) is 3.89. The van der Waals surface area contributed by atoms with Gasteiger partial charge in [0.05, 0.1) is 23.7 Å². The van der Waals surface area contributed by atoms with Gasteiger partial charge < -0.3 is 9.64 Å². The van der Waals surface area contributed by atoms with Crippen molar-refractivity contribution in [2.75, 3.05) is 32.8 Å². The van der Waals surface area contributed by atoms with Crippen LogP contribution in [0.25, 0.3) is 0 Å². The minimum absolute atomic E-state index is 0.0916. The minimum atomic E-state index is -0.328. The zero-order chi connectivity index (χ0) is 18.0. The van der Waals surface area contributed by atoms with E-state index >= 15 is 0 Å². The third-order valence-corrected chi connectivity index (χ3v) is 5.19. The summed E-state index contributed by atoms with van der Waals surface area (Å²) in [6.45, 7) is 7.56. The number of hydrogen-bond acceptors (Lipinski definition) is 5. The van der Waals surface area contributed by atoms with Crippen LogP contribution in [0.2, 0.25) is 0 Å². The van der Waals surface area contributed by atoms with Crippen molar-refractivity contribution in [1.29, 1.82) is 0 Å². The molecule has 1 aromatic carbocycles. The Hall–Kier alpha value is -1.99. The number of rotatable bonds is 3. The molecule has 1 amide bonds. The number of nitro groups is 1. The van der Waals surface area contributed by atoms with E-state index < -0.39 is 0 Å². The Balaban J connectivity index is 1.71. The maximum Gasteiger partial charge on any atom is 0.272 e. The summed E-state index contributed by atoms with van der Waals surface area (Å²) in [7, 11) is 0. The van der Waals surface area contributed by atoms with Gasteiger partial charge in [0, 0.05) is 38.2 Å². The lowest BCUT2D eigenvalue weighted by Crippen LogP contribution is -2.60. The van der Waals surface area contributed by atoms with Crippen LogP contribution in [0.1, 0.15) is 30.9 Å². The molecule has 2 fully saturated rings. The summed E-state index contributed by atoms with van der Waals surface area (Å²) in [6.07, 6.45) is 1.95. The third kappa shape index (κ3) is 3.99. The molecule has 136 valence electrons. The molecule has 25 heavy (non-hydrogen) atoms. The first-order chi connectivity index (χ1) is 11.9. The smallest absolute Gasteiger partial charge is 0.272 e. The van der Waals surface area contributed by atoms with Crippen LogP contribution in [0.5, 0.6) is 0 Å². The van der Waals surface area contributed by atoms with Crippen molar-refractivity contribution in [2.24, 2.45) is 0 Å². The summed E-state index contributed by atoms with van der Waals surface area (Å²) >= 11 is 0. The maximum atomic E-state index is 11.7. The van der Waals surface area contributed by atoms with Gasteiger partial charge in [0.2, 0.25) is 5.91 Å². The standard InChI is InChI=1S/C18H25N3O4/c1-14-4-5-16(10-17(14)21(23)24)11-19-7-3-6-18(12-19)13-20(15(2)22)8-9-25-18/h4-5,10H,3,6-9,11-13H2,1-2H3. The Morgan fingerprint density at radius 2 is 2.16 bits per heavy atom. The zero-order valence-electron chi connectivity index (χ0n) is 14.9. The van der Waals surface area contributed by atoms with Crippen molar-refractivity contribution >= 4 is 11.6 Å². The van der Waals surface area contributed by atoms with Gasteiger partial charge in [-0.2, -0.15) is 0 Å². The highest BCUT2D eigenvalue weighted by atomic mass is 16.6. The number of piperidine rings is 1. The van der Waals surface area contributed by atoms with Crippen LogP contribution in [0.15, 0.2) is 18.2 Å². The van der Waals surface area contributed by atoms with Gasteiger partial charge in [0.15, 0.2) is 0 Å². The Labute approximate surface area is 147 Å². The SMILES string of the molecule is CC(=O)N1CCOC2(CCCN(Cc3ccc(C)c([N+](=O)[O-])c3)C2)C1. The lowest BCUT2D eigenvalue weighted by atomic mass is 9.90. The molecule has 1 spiro atoms. The Kier molecular flexibility index (Phi) is 5.06. The minimum Gasteiger partial charge on any atom is -0.370 e. The van der Waals surface area contributed by atoms with Crippen LogP contribution in [0.4, 0.5) is 5.69 Å². The number of nitrogens with zero attached hydrogens (tertiary/aromatic N) is 3. The Morgan fingerprint density at radius 3 is 2.88 bits per heavy atom. The number of morpholine rings is 1. The van der Waals surface area contributed by atoms with Gasteiger partial charge in [-0.25, -0.2) is 0 Å². The number of benzene rings is 1. The molecule has 2 aliphatic rings. The van der Waals surface area contributed by atoms with Crippen molar-refractivity contribution < 1.29 is 14.5 Å². The van der Waals surface area contributed by atoms with Gasteiger partial charge >= 0.3 is 0 Å². The summed E-state index contributed by atoms with van der Waals surface area (Å²) < 4.78 is 6.09. The Bertz CT molecular complexity index is 674. The molecular formula is C18H25N3O4. The van der Waals surface area contributed by atoms with Crippen molar-refractivity contribution in [3.63, 3.8) is 0 Å². The number of likely N-dealkylation sites (tertiary alicyclic amines) is 1. The summed E-state index contributed by atoms with van der Waals surface area (Å²) in [5.41, 5.74) is 1.48. The van der Waals surface area contributed by atoms with E-state index in [4.69, 9.17) is 4.74 Å². The number of nitro benzene ring substituents is 1.